The monoisotopic (exact) mass is 263 g/mol. The lowest BCUT2D eigenvalue weighted by atomic mass is 10.1. The number of rotatable bonds is 2. The molecule has 94 valence electrons. The number of halogens is 3. The average molecular weight is 263 g/mol. The summed E-state index contributed by atoms with van der Waals surface area (Å²) in [6.07, 6.45) is 1.29. The van der Waals surface area contributed by atoms with Crippen molar-refractivity contribution in [3.05, 3.63) is 29.6 Å². The Morgan fingerprint density at radius 1 is 1.12 bits per heavy atom. The van der Waals surface area contributed by atoms with Crippen molar-refractivity contribution in [3.8, 4) is 0 Å². The summed E-state index contributed by atoms with van der Waals surface area (Å²) in [4.78, 5) is 0. The number of benzene rings is 1. The van der Waals surface area contributed by atoms with Gasteiger partial charge >= 0.3 is 0 Å². The van der Waals surface area contributed by atoms with Crippen molar-refractivity contribution in [3.63, 3.8) is 0 Å². The fourth-order valence-electron chi connectivity index (χ4n) is 1.80. The van der Waals surface area contributed by atoms with Crippen molar-refractivity contribution < 1.29 is 17.4 Å². The van der Waals surface area contributed by atoms with Gasteiger partial charge in [-0.05, 0) is 25.0 Å². The molecule has 1 aromatic rings. The Kier molecular flexibility index (Phi) is 3.71. The number of hydrogen-bond donors (Lipinski definition) is 1. The van der Waals surface area contributed by atoms with E-state index in [1.54, 1.807) is 0 Å². The molecule has 2 rings (SSSR count). The van der Waals surface area contributed by atoms with Crippen LogP contribution in [0, 0.1) is 17.5 Å². The zero-order chi connectivity index (χ0) is 12.4. The fourth-order valence-corrected chi connectivity index (χ4v) is 3.09. The first-order valence-corrected chi connectivity index (χ1v) is 6.81. The van der Waals surface area contributed by atoms with Gasteiger partial charge in [-0.2, -0.15) is 0 Å². The van der Waals surface area contributed by atoms with Gasteiger partial charge in [-0.25, -0.2) is 13.2 Å². The molecule has 1 aromatic carbocycles. The molecule has 0 aliphatic carbocycles. The predicted molar refractivity (Wildman–Crippen MR) is 60.8 cm³/mol. The van der Waals surface area contributed by atoms with Crippen LogP contribution in [0.3, 0.4) is 0 Å². The predicted octanol–water partition coefficient (Wildman–Crippen LogP) is 2.43. The number of nitrogens with one attached hydrogen (secondary N) is 1. The lowest BCUT2D eigenvalue weighted by Gasteiger charge is -2.23. The van der Waals surface area contributed by atoms with E-state index in [4.69, 9.17) is 0 Å². The molecule has 0 radical (unpaired) electrons. The van der Waals surface area contributed by atoms with E-state index in [2.05, 4.69) is 5.32 Å². The van der Waals surface area contributed by atoms with Crippen molar-refractivity contribution in [1.82, 2.24) is 0 Å². The van der Waals surface area contributed by atoms with Crippen LogP contribution in [0.25, 0.3) is 0 Å². The fraction of sp³-hybridized carbons (Fsp3) is 0.455. The Balaban J connectivity index is 2.09. The van der Waals surface area contributed by atoms with E-state index in [9.17, 15) is 17.4 Å². The molecule has 1 saturated heterocycles. The minimum atomic E-state index is -1.46. The Bertz CT molecular complexity index is 443. The molecule has 0 spiro atoms. The van der Waals surface area contributed by atoms with Crippen molar-refractivity contribution in [2.75, 3.05) is 16.8 Å². The van der Waals surface area contributed by atoms with E-state index in [1.807, 2.05) is 0 Å². The Morgan fingerprint density at radius 3 is 2.41 bits per heavy atom. The molecule has 0 amide bonds. The first-order chi connectivity index (χ1) is 8.08. The maximum Gasteiger partial charge on any atom is 0.196 e. The topological polar surface area (TPSA) is 29.1 Å². The first-order valence-electron chi connectivity index (χ1n) is 5.33. The van der Waals surface area contributed by atoms with Gasteiger partial charge in [0.2, 0.25) is 0 Å². The molecular weight excluding hydrogens is 251 g/mol. The molecule has 1 aliphatic rings. The normalized spacial score (nSPS) is 24.6. The van der Waals surface area contributed by atoms with Gasteiger partial charge in [0.25, 0.3) is 0 Å². The highest BCUT2D eigenvalue weighted by atomic mass is 32.2. The summed E-state index contributed by atoms with van der Waals surface area (Å²) in [6, 6.07) is 2.04. The second-order valence-corrected chi connectivity index (χ2v) is 5.69. The van der Waals surface area contributed by atoms with Crippen LogP contribution in [0.2, 0.25) is 0 Å². The Labute approximate surface area is 99.7 Å². The van der Waals surface area contributed by atoms with Crippen molar-refractivity contribution in [2.45, 2.75) is 18.9 Å². The molecule has 0 saturated carbocycles. The smallest absolute Gasteiger partial charge is 0.196 e. The Morgan fingerprint density at radius 2 is 1.76 bits per heavy atom. The summed E-state index contributed by atoms with van der Waals surface area (Å²) in [6.45, 7) is 0. The van der Waals surface area contributed by atoms with Gasteiger partial charge in [0.15, 0.2) is 17.5 Å². The molecule has 1 heterocycles. The molecule has 1 N–H and O–H groups in total. The van der Waals surface area contributed by atoms with Gasteiger partial charge in [0.1, 0.15) is 0 Å². The van der Waals surface area contributed by atoms with E-state index in [0.717, 1.165) is 6.07 Å². The van der Waals surface area contributed by atoms with Gasteiger partial charge in [0.05, 0.1) is 5.69 Å². The van der Waals surface area contributed by atoms with E-state index in [1.165, 1.54) is 6.07 Å². The highest BCUT2D eigenvalue weighted by Gasteiger charge is 2.20. The number of anilines is 1. The van der Waals surface area contributed by atoms with E-state index in [-0.39, 0.29) is 11.7 Å². The van der Waals surface area contributed by atoms with E-state index in [0.29, 0.717) is 24.3 Å². The Hall–Kier alpha value is -1.04. The molecule has 17 heavy (non-hydrogen) atoms. The van der Waals surface area contributed by atoms with Gasteiger partial charge in [0, 0.05) is 28.3 Å². The molecule has 0 atom stereocenters. The molecule has 0 aromatic heterocycles. The highest BCUT2D eigenvalue weighted by Crippen LogP contribution is 2.22. The second kappa shape index (κ2) is 5.08. The summed E-state index contributed by atoms with van der Waals surface area (Å²) in [5.41, 5.74) is -0.0402. The summed E-state index contributed by atoms with van der Waals surface area (Å²) in [5.74, 6) is -2.74. The van der Waals surface area contributed by atoms with Gasteiger partial charge in [-0.15, -0.1) is 0 Å². The highest BCUT2D eigenvalue weighted by molar-refractivity contribution is 7.85. The van der Waals surface area contributed by atoms with Crippen LogP contribution in [0.5, 0.6) is 0 Å². The third-order valence-electron chi connectivity index (χ3n) is 2.78. The van der Waals surface area contributed by atoms with Crippen LogP contribution in [-0.2, 0) is 10.8 Å². The summed E-state index contributed by atoms with van der Waals surface area (Å²) >= 11 is 0. The van der Waals surface area contributed by atoms with Gasteiger partial charge in [-0.1, -0.05) is 0 Å². The molecule has 0 unspecified atom stereocenters. The van der Waals surface area contributed by atoms with E-state index >= 15 is 0 Å². The van der Waals surface area contributed by atoms with Crippen LogP contribution >= 0.6 is 0 Å². The molecule has 2 nitrogen and oxygen atoms in total. The van der Waals surface area contributed by atoms with Crippen molar-refractivity contribution in [2.24, 2.45) is 0 Å². The van der Waals surface area contributed by atoms with Crippen LogP contribution in [0.4, 0.5) is 18.9 Å². The van der Waals surface area contributed by atoms with Gasteiger partial charge in [-0.3, -0.25) is 4.21 Å². The lowest BCUT2D eigenvalue weighted by Crippen LogP contribution is -2.29. The summed E-state index contributed by atoms with van der Waals surface area (Å²) in [7, 11) is -0.800. The van der Waals surface area contributed by atoms with Gasteiger partial charge < -0.3 is 5.32 Å². The minimum Gasteiger partial charge on any atom is -0.380 e. The maximum absolute atomic E-state index is 13.4. The molecular formula is C11H12F3NOS. The second-order valence-electron chi connectivity index (χ2n) is 3.99. The third kappa shape index (κ3) is 2.80. The minimum absolute atomic E-state index is 0.0351. The van der Waals surface area contributed by atoms with Crippen LogP contribution in [0.1, 0.15) is 12.8 Å². The average Bonchev–Trinajstić information content (AvgIpc) is 2.33. The van der Waals surface area contributed by atoms with Crippen molar-refractivity contribution >= 4 is 16.5 Å². The summed E-state index contributed by atoms with van der Waals surface area (Å²) in [5, 5.41) is 2.82. The zero-order valence-electron chi connectivity index (χ0n) is 9.01. The van der Waals surface area contributed by atoms with E-state index < -0.39 is 28.3 Å². The molecule has 1 fully saturated rings. The van der Waals surface area contributed by atoms with Crippen molar-refractivity contribution in [1.29, 1.82) is 0 Å². The SMILES string of the molecule is O=S1CCC(Nc2ccc(F)c(F)c2F)CC1. The maximum atomic E-state index is 13.4. The van der Waals surface area contributed by atoms with Crippen LogP contribution in [-0.4, -0.2) is 21.8 Å². The quantitative estimate of drug-likeness (QED) is 0.830. The summed E-state index contributed by atoms with van der Waals surface area (Å²) < 4.78 is 50.2. The lowest BCUT2D eigenvalue weighted by molar-refractivity contribution is 0.448. The van der Waals surface area contributed by atoms with Crippen LogP contribution in [0.15, 0.2) is 12.1 Å². The molecule has 0 bridgehead atoms. The molecule has 1 aliphatic heterocycles. The molecule has 6 heteroatoms. The standard InChI is InChI=1S/C11H12F3NOS/c12-8-1-2-9(11(14)10(8)13)15-7-3-5-17(16)6-4-7/h1-2,7,15H,3-6H2. The first kappa shape index (κ1) is 12.4. The zero-order valence-corrected chi connectivity index (χ0v) is 9.83. The number of hydrogen-bond acceptors (Lipinski definition) is 2. The van der Waals surface area contributed by atoms with Crippen LogP contribution < -0.4 is 5.32 Å². The third-order valence-corrected chi connectivity index (χ3v) is 4.16. The largest absolute Gasteiger partial charge is 0.380 e.